The highest BCUT2D eigenvalue weighted by atomic mass is 32.2. The maximum Gasteiger partial charge on any atom is 0.317 e. The maximum atomic E-state index is 12.9. The molecule has 11 heteroatoms. The van der Waals surface area contributed by atoms with Crippen molar-refractivity contribution in [1.82, 2.24) is 4.98 Å². The van der Waals surface area contributed by atoms with Gasteiger partial charge in [0.2, 0.25) is 0 Å². The highest BCUT2D eigenvalue weighted by molar-refractivity contribution is 7.87. The van der Waals surface area contributed by atoms with Gasteiger partial charge < -0.3 is 14.2 Å². The van der Waals surface area contributed by atoms with Crippen molar-refractivity contribution >= 4 is 45.1 Å². The van der Waals surface area contributed by atoms with E-state index in [1.54, 1.807) is 26.0 Å². The van der Waals surface area contributed by atoms with Gasteiger partial charge in [-0.2, -0.15) is 0 Å². The van der Waals surface area contributed by atoms with Crippen molar-refractivity contribution in [2.75, 3.05) is 18.5 Å². The second kappa shape index (κ2) is 11.7. The Morgan fingerprint density at radius 1 is 1.26 bits per heavy atom. The van der Waals surface area contributed by atoms with E-state index in [9.17, 15) is 18.6 Å². The third-order valence-corrected chi connectivity index (χ3v) is 8.00. The zero-order chi connectivity index (χ0) is 24.7. The van der Waals surface area contributed by atoms with Crippen LogP contribution in [0, 0.1) is 5.41 Å². The van der Waals surface area contributed by atoms with E-state index in [1.807, 2.05) is 0 Å². The molecule has 0 bridgehead atoms. The first-order valence-corrected chi connectivity index (χ1v) is 12.9. The average molecular weight is 509 g/mol. The first-order chi connectivity index (χ1) is 16.2. The number of para-hydroxylation sites is 1. The molecule has 1 amide bonds. The van der Waals surface area contributed by atoms with E-state index in [2.05, 4.69) is 10.3 Å². The molecule has 0 radical (unpaired) electrons. The van der Waals surface area contributed by atoms with Crippen molar-refractivity contribution in [3.05, 3.63) is 36.0 Å². The van der Waals surface area contributed by atoms with Crippen molar-refractivity contribution in [1.29, 1.82) is 0 Å². The van der Waals surface area contributed by atoms with E-state index in [-0.39, 0.29) is 34.9 Å². The van der Waals surface area contributed by atoms with Gasteiger partial charge >= 0.3 is 11.9 Å². The van der Waals surface area contributed by atoms with Crippen LogP contribution in [0.25, 0.3) is 0 Å². The van der Waals surface area contributed by atoms with Gasteiger partial charge in [-0.1, -0.05) is 23.5 Å². The summed E-state index contributed by atoms with van der Waals surface area (Å²) in [6.45, 7) is 5.32. The zero-order valence-electron chi connectivity index (χ0n) is 19.3. The van der Waals surface area contributed by atoms with Crippen molar-refractivity contribution in [3.8, 4) is 5.75 Å². The highest BCUT2D eigenvalue weighted by Crippen LogP contribution is 2.29. The Labute approximate surface area is 204 Å². The number of aromatic nitrogens is 1. The predicted octanol–water partition coefficient (Wildman–Crippen LogP) is 3.91. The largest absolute Gasteiger partial charge is 0.466 e. The van der Waals surface area contributed by atoms with Crippen LogP contribution in [-0.4, -0.2) is 45.7 Å². The summed E-state index contributed by atoms with van der Waals surface area (Å²) in [5.74, 6) is -1.39. The number of anilines is 1. The fraction of sp³-hybridized carbons (Fsp3) is 0.478. The van der Waals surface area contributed by atoms with Crippen LogP contribution < -0.4 is 10.1 Å². The number of carbonyl (C=O) groups is 3. The van der Waals surface area contributed by atoms with Gasteiger partial charge in [-0.3, -0.25) is 23.9 Å². The molecule has 2 aromatic rings. The van der Waals surface area contributed by atoms with E-state index < -0.39 is 34.1 Å². The number of hydrogen-bond acceptors (Lipinski definition) is 9. The molecule has 34 heavy (non-hydrogen) atoms. The molecule has 1 fully saturated rings. The topological polar surface area (TPSA) is 121 Å². The molecular formula is C23H28N2O7S2. The number of benzene rings is 1. The van der Waals surface area contributed by atoms with Gasteiger partial charge in [0, 0.05) is 13.5 Å². The van der Waals surface area contributed by atoms with Gasteiger partial charge in [-0.25, -0.2) is 4.98 Å². The van der Waals surface area contributed by atoms with Crippen LogP contribution in [0.5, 0.6) is 5.75 Å². The summed E-state index contributed by atoms with van der Waals surface area (Å²) in [6, 6.07) is 6.37. The molecule has 1 saturated heterocycles. The van der Waals surface area contributed by atoms with Crippen molar-refractivity contribution in [3.63, 3.8) is 0 Å². The van der Waals surface area contributed by atoms with E-state index in [0.717, 1.165) is 30.6 Å². The number of nitrogens with zero attached hydrogens (tertiary/aromatic N) is 1. The molecule has 0 spiro atoms. The van der Waals surface area contributed by atoms with Gasteiger partial charge in [-0.15, -0.1) is 0 Å². The van der Waals surface area contributed by atoms with Crippen LogP contribution in [-0.2, 0) is 29.9 Å². The first kappa shape index (κ1) is 26.0. The van der Waals surface area contributed by atoms with Crippen molar-refractivity contribution in [2.45, 2.75) is 56.1 Å². The van der Waals surface area contributed by atoms with Gasteiger partial charge in [0.15, 0.2) is 5.13 Å². The minimum Gasteiger partial charge on any atom is -0.466 e. The molecule has 1 aromatic carbocycles. The van der Waals surface area contributed by atoms with Crippen LogP contribution in [0.1, 0.15) is 56.8 Å². The van der Waals surface area contributed by atoms with Crippen LogP contribution in [0.15, 0.2) is 34.7 Å². The number of rotatable bonds is 9. The van der Waals surface area contributed by atoms with Crippen LogP contribution >= 0.6 is 11.3 Å². The fourth-order valence-electron chi connectivity index (χ4n) is 3.12. The number of esters is 2. The molecule has 0 aliphatic carbocycles. The van der Waals surface area contributed by atoms with Crippen LogP contribution in [0.3, 0.4) is 0 Å². The summed E-state index contributed by atoms with van der Waals surface area (Å²) in [6.07, 6.45) is 4.40. The lowest BCUT2D eigenvalue weighted by Crippen LogP contribution is -2.31. The standard InChI is InChI=1S/C23H28N2O7S2/c1-15(26)30-13-11-23(2,3)21(28)32-17-9-5-4-8-16(17)20(27)25-22-24-14-19(33-22)34(29)18-10-6-7-12-31-18/h4-5,8-9,14,18H,6-7,10-13H2,1-3H3,(H,24,25,27). The predicted molar refractivity (Wildman–Crippen MR) is 127 cm³/mol. The summed E-state index contributed by atoms with van der Waals surface area (Å²) in [5.41, 5.74) is -1.14. The normalized spacial score (nSPS) is 17.0. The van der Waals surface area contributed by atoms with Crippen LogP contribution in [0.2, 0.25) is 0 Å². The minimum absolute atomic E-state index is 0.0826. The first-order valence-electron chi connectivity index (χ1n) is 10.9. The molecule has 0 saturated carbocycles. The Hall–Kier alpha value is -2.63. The second-order valence-corrected chi connectivity index (χ2v) is 11.2. The lowest BCUT2D eigenvalue weighted by atomic mass is 9.90. The molecule has 2 unspecified atom stereocenters. The lowest BCUT2D eigenvalue weighted by molar-refractivity contribution is -0.148. The SMILES string of the molecule is CC(=O)OCCC(C)(C)C(=O)Oc1ccccc1C(=O)Nc1ncc(S(=O)C2CCCCO2)s1. The highest BCUT2D eigenvalue weighted by Gasteiger charge is 2.31. The Balaban J connectivity index is 1.65. The summed E-state index contributed by atoms with van der Waals surface area (Å²) in [5, 5.41) is 2.96. The van der Waals surface area contributed by atoms with Crippen molar-refractivity contribution < 1.29 is 32.8 Å². The second-order valence-electron chi connectivity index (χ2n) is 8.39. The molecule has 9 nitrogen and oxygen atoms in total. The van der Waals surface area contributed by atoms with Gasteiger partial charge in [0.1, 0.15) is 15.4 Å². The summed E-state index contributed by atoms with van der Waals surface area (Å²) in [7, 11) is -1.35. The molecule has 1 aliphatic rings. The number of thiazole rings is 1. The number of ether oxygens (including phenoxy) is 3. The summed E-state index contributed by atoms with van der Waals surface area (Å²) >= 11 is 1.12. The molecule has 3 rings (SSSR count). The average Bonchev–Trinajstić information content (AvgIpc) is 3.27. The minimum atomic E-state index is -1.35. The van der Waals surface area contributed by atoms with E-state index >= 15 is 0 Å². The summed E-state index contributed by atoms with van der Waals surface area (Å²) < 4.78 is 29.3. The quantitative estimate of drug-likeness (QED) is 0.400. The van der Waals surface area contributed by atoms with Gasteiger partial charge in [-0.05, 0) is 51.7 Å². The maximum absolute atomic E-state index is 12.9. The number of hydrogen-bond donors (Lipinski definition) is 1. The molecule has 1 aromatic heterocycles. The Morgan fingerprint density at radius 2 is 2.03 bits per heavy atom. The molecule has 2 heterocycles. The summed E-state index contributed by atoms with van der Waals surface area (Å²) in [4.78, 5) is 40.8. The molecule has 184 valence electrons. The number of amides is 1. The number of carbonyl (C=O) groups excluding carboxylic acids is 3. The van der Waals surface area contributed by atoms with E-state index in [4.69, 9.17) is 14.2 Å². The Bertz CT molecular complexity index is 1060. The molecule has 1 aliphatic heterocycles. The third kappa shape index (κ3) is 6.94. The van der Waals surface area contributed by atoms with E-state index in [1.165, 1.54) is 25.3 Å². The fourth-order valence-corrected chi connectivity index (χ4v) is 5.57. The Kier molecular flexibility index (Phi) is 8.92. The van der Waals surface area contributed by atoms with Crippen molar-refractivity contribution in [2.24, 2.45) is 5.41 Å². The van der Waals surface area contributed by atoms with Gasteiger partial charge in [0.05, 0.1) is 34.6 Å². The third-order valence-electron chi connectivity index (χ3n) is 5.20. The number of nitrogens with one attached hydrogen (secondary N) is 1. The monoisotopic (exact) mass is 508 g/mol. The van der Waals surface area contributed by atoms with Gasteiger partial charge in [0.25, 0.3) is 5.91 Å². The molecule has 2 atom stereocenters. The van der Waals surface area contributed by atoms with E-state index in [0.29, 0.717) is 10.8 Å². The molecule has 1 N–H and O–H groups in total. The van der Waals surface area contributed by atoms with Crippen LogP contribution in [0.4, 0.5) is 5.13 Å². The smallest absolute Gasteiger partial charge is 0.317 e. The zero-order valence-corrected chi connectivity index (χ0v) is 21.0. The lowest BCUT2D eigenvalue weighted by Gasteiger charge is -2.22. The molecular weight excluding hydrogens is 480 g/mol. The Morgan fingerprint density at radius 3 is 2.74 bits per heavy atom.